The van der Waals surface area contributed by atoms with E-state index < -0.39 is 6.10 Å². The molecule has 5 nitrogen and oxygen atoms in total. The van der Waals surface area contributed by atoms with Gasteiger partial charge in [-0.15, -0.1) is 0 Å². The Morgan fingerprint density at radius 3 is 0.975 bits per heavy atom. The normalized spacial score (nSPS) is 37.3. The van der Waals surface area contributed by atoms with Gasteiger partial charge in [0.05, 0.1) is 37.6 Å². The number of aliphatic hydroxyl groups is 1. The molecular formula is C35H64O5. The minimum absolute atomic E-state index is 0.294. The molecule has 4 rings (SSSR count). The maximum absolute atomic E-state index is 10.6. The second-order valence-corrected chi connectivity index (χ2v) is 15.3. The molecule has 0 spiro atoms. The van der Waals surface area contributed by atoms with E-state index in [2.05, 4.69) is 27.7 Å². The van der Waals surface area contributed by atoms with Crippen molar-refractivity contribution in [2.75, 3.05) is 27.4 Å². The van der Waals surface area contributed by atoms with Crippen LogP contribution in [0.2, 0.25) is 0 Å². The van der Waals surface area contributed by atoms with E-state index in [-0.39, 0.29) is 0 Å². The third-order valence-electron chi connectivity index (χ3n) is 12.6. The molecule has 5 heteroatoms. The molecule has 0 bridgehead atoms. The fourth-order valence-corrected chi connectivity index (χ4v) is 9.24. The van der Waals surface area contributed by atoms with Gasteiger partial charge in [0.2, 0.25) is 0 Å². The summed E-state index contributed by atoms with van der Waals surface area (Å²) in [5.74, 6) is 3.20. The van der Waals surface area contributed by atoms with Crippen molar-refractivity contribution in [3.05, 3.63) is 0 Å². The SMILES string of the molecule is COC1CCC(C(C)(C)C2CCC(OCC(O)COC3CCC(C(C)(C)C4CCC(OC)CC4)CC3)CC2)CC1. The first-order chi connectivity index (χ1) is 19.1. The van der Waals surface area contributed by atoms with Crippen LogP contribution in [0.4, 0.5) is 0 Å². The lowest BCUT2D eigenvalue weighted by Gasteiger charge is -2.46. The molecular weight excluding hydrogens is 500 g/mol. The molecule has 234 valence electrons. The highest BCUT2D eigenvalue weighted by Crippen LogP contribution is 2.50. The summed E-state index contributed by atoms with van der Waals surface area (Å²) < 4.78 is 23.6. The Bertz CT molecular complexity index is 645. The van der Waals surface area contributed by atoms with Crippen LogP contribution in [0.15, 0.2) is 0 Å². The highest BCUT2D eigenvalue weighted by molar-refractivity contribution is 4.92. The van der Waals surface area contributed by atoms with Crippen molar-refractivity contribution in [3.63, 3.8) is 0 Å². The highest BCUT2D eigenvalue weighted by atomic mass is 16.5. The van der Waals surface area contributed by atoms with Crippen molar-refractivity contribution in [1.82, 2.24) is 0 Å². The largest absolute Gasteiger partial charge is 0.388 e. The van der Waals surface area contributed by atoms with Gasteiger partial charge in [0.15, 0.2) is 0 Å². The molecule has 0 unspecified atom stereocenters. The predicted octanol–water partition coefficient (Wildman–Crippen LogP) is 7.96. The molecule has 4 saturated carbocycles. The van der Waals surface area contributed by atoms with Gasteiger partial charge >= 0.3 is 0 Å². The quantitative estimate of drug-likeness (QED) is 0.261. The minimum atomic E-state index is -0.518. The van der Waals surface area contributed by atoms with Crippen molar-refractivity contribution in [2.45, 2.75) is 161 Å². The zero-order valence-electron chi connectivity index (χ0n) is 27.0. The topological polar surface area (TPSA) is 57.2 Å². The molecule has 0 aromatic heterocycles. The summed E-state index contributed by atoms with van der Waals surface area (Å²) in [5.41, 5.74) is 0.795. The van der Waals surface area contributed by atoms with E-state index in [1.807, 2.05) is 14.2 Å². The van der Waals surface area contributed by atoms with Gasteiger partial charge in [0.25, 0.3) is 0 Å². The second kappa shape index (κ2) is 15.0. The predicted molar refractivity (Wildman–Crippen MR) is 162 cm³/mol. The van der Waals surface area contributed by atoms with E-state index in [9.17, 15) is 5.11 Å². The van der Waals surface area contributed by atoms with Gasteiger partial charge in [-0.2, -0.15) is 0 Å². The summed E-state index contributed by atoms with van der Waals surface area (Å²) in [6.07, 6.45) is 20.7. The molecule has 0 aromatic rings. The fourth-order valence-electron chi connectivity index (χ4n) is 9.24. The maximum Gasteiger partial charge on any atom is 0.101 e. The summed E-state index contributed by atoms with van der Waals surface area (Å²) in [6, 6.07) is 0. The summed E-state index contributed by atoms with van der Waals surface area (Å²) in [5, 5.41) is 10.6. The zero-order chi connectivity index (χ0) is 28.8. The molecule has 1 N–H and O–H groups in total. The standard InChI is InChI=1S/C35H64O5/c1-34(2,25-7-15-30(37-5)16-8-25)27-11-19-32(20-12-27)39-23-29(36)24-40-33-21-13-28(14-22-33)35(3,4)26-9-17-31(38-6)18-10-26/h25-33,36H,7-24H2,1-6H3. The van der Waals surface area contributed by atoms with Crippen molar-refractivity contribution in [1.29, 1.82) is 0 Å². The van der Waals surface area contributed by atoms with Gasteiger partial charge in [0, 0.05) is 14.2 Å². The van der Waals surface area contributed by atoms with E-state index >= 15 is 0 Å². The smallest absolute Gasteiger partial charge is 0.101 e. The molecule has 0 aromatic carbocycles. The van der Waals surface area contributed by atoms with Crippen LogP contribution in [-0.4, -0.2) is 63.1 Å². The van der Waals surface area contributed by atoms with Crippen LogP contribution in [0.5, 0.6) is 0 Å². The summed E-state index contributed by atoms with van der Waals surface area (Å²) >= 11 is 0. The van der Waals surface area contributed by atoms with Gasteiger partial charge < -0.3 is 24.1 Å². The Kier molecular flexibility index (Phi) is 12.3. The van der Waals surface area contributed by atoms with Crippen LogP contribution in [0.1, 0.15) is 130 Å². The molecule has 4 fully saturated rings. The van der Waals surface area contributed by atoms with E-state index in [4.69, 9.17) is 18.9 Å². The zero-order valence-corrected chi connectivity index (χ0v) is 27.0. The molecule has 0 radical (unpaired) electrons. The van der Waals surface area contributed by atoms with Gasteiger partial charge in [-0.3, -0.25) is 0 Å². The Morgan fingerprint density at radius 1 is 0.475 bits per heavy atom. The molecule has 0 atom stereocenters. The van der Waals surface area contributed by atoms with E-state index in [1.165, 1.54) is 77.0 Å². The monoisotopic (exact) mass is 564 g/mol. The summed E-state index contributed by atoms with van der Waals surface area (Å²) in [4.78, 5) is 0. The Labute approximate surface area is 246 Å². The molecule has 40 heavy (non-hydrogen) atoms. The molecule has 0 heterocycles. The van der Waals surface area contributed by atoms with E-state index in [0.29, 0.717) is 48.5 Å². The van der Waals surface area contributed by atoms with Crippen molar-refractivity contribution >= 4 is 0 Å². The van der Waals surface area contributed by atoms with Gasteiger partial charge in [-0.05, 0) is 137 Å². The maximum atomic E-state index is 10.6. The average molecular weight is 565 g/mol. The van der Waals surface area contributed by atoms with Crippen LogP contribution >= 0.6 is 0 Å². The molecule has 4 aliphatic rings. The first-order valence-electron chi connectivity index (χ1n) is 17.1. The summed E-state index contributed by atoms with van der Waals surface area (Å²) in [6.45, 7) is 10.9. The molecule has 0 aliphatic heterocycles. The third-order valence-corrected chi connectivity index (χ3v) is 12.6. The number of hydrogen-bond donors (Lipinski definition) is 1. The van der Waals surface area contributed by atoms with Crippen LogP contribution in [-0.2, 0) is 18.9 Å². The Hall–Kier alpha value is -0.200. The molecule has 0 saturated heterocycles. The Balaban J connectivity index is 1.08. The molecule has 0 amide bonds. The van der Waals surface area contributed by atoms with Crippen LogP contribution in [0, 0.1) is 34.5 Å². The van der Waals surface area contributed by atoms with Crippen molar-refractivity contribution in [2.24, 2.45) is 34.5 Å². The lowest BCUT2D eigenvalue weighted by molar-refractivity contribution is -0.0874. The van der Waals surface area contributed by atoms with Gasteiger partial charge in [0.1, 0.15) is 6.10 Å². The number of ether oxygens (including phenoxy) is 4. The van der Waals surface area contributed by atoms with Gasteiger partial charge in [-0.25, -0.2) is 0 Å². The van der Waals surface area contributed by atoms with Crippen LogP contribution in [0.25, 0.3) is 0 Å². The number of hydrogen-bond acceptors (Lipinski definition) is 5. The lowest BCUT2D eigenvalue weighted by Crippen LogP contribution is -2.40. The van der Waals surface area contributed by atoms with Crippen molar-refractivity contribution < 1.29 is 24.1 Å². The van der Waals surface area contributed by atoms with Gasteiger partial charge in [-0.1, -0.05) is 27.7 Å². The van der Waals surface area contributed by atoms with E-state index in [0.717, 1.165) is 49.4 Å². The fraction of sp³-hybridized carbons (Fsp3) is 1.00. The molecule has 4 aliphatic carbocycles. The van der Waals surface area contributed by atoms with E-state index in [1.54, 1.807) is 0 Å². The minimum Gasteiger partial charge on any atom is -0.388 e. The van der Waals surface area contributed by atoms with Crippen LogP contribution < -0.4 is 0 Å². The second-order valence-electron chi connectivity index (χ2n) is 15.3. The summed E-state index contributed by atoms with van der Waals surface area (Å²) in [7, 11) is 3.73. The first-order valence-corrected chi connectivity index (χ1v) is 17.1. The van der Waals surface area contributed by atoms with Crippen LogP contribution in [0.3, 0.4) is 0 Å². The highest BCUT2D eigenvalue weighted by Gasteiger charge is 2.42. The average Bonchev–Trinajstić information content (AvgIpc) is 2.99. The first kappa shape index (κ1) is 32.7. The lowest BCUT2D eigenvalue weighted by atomic mass is 9.60. The van der Waals surface area contributed by atoms with Crippen molar-refractivity contribution in [3.8, 4) is 0 Å². The number of methoxy groups -OCH3 is 2. The number of rotatable bonds is 12. The third kappa shape index (κ3) is 8.46. The Morgan fingerprint density at radius 2 is 0.725 bits per heavy atom. The number of aliphatic hydroxyl groups excluding tert-OH is 1.